The molecule has 628 valence electrons. The Morgan fingerprint density at radius 2 is 0.938 bits per heavy atom. The van der Waals surface area contributed by atoms with Gasteiger partial charge in [0, 0.05) is 29.4 Å². The molecule has 44 nitrogen and oxygen atoms in total. The van der Waals surface area contributed by atoms with Crippen molar-refractivity contribution in [3.63, 3.8) is 0 Å². The van der Waals surface area contributed by atoms with Gasteiger partial charge < -0.3 is 122 Å². The Kier molecular flexibility index (Phi) is 42.3. The molecule has 0 aliphatic carbocycles. The van der Waals surface area contributed by atoms with E-state index >= 15 is 0 Å². The van der Waals surface area contributed by atoms with Crippen molar-refractivity contribution in [3.8, 4) is 0 Å². The lowest BCUT2D eigenvalue weighted by Crippen LogP contribution is -2.62. The molecule has 0 aromatic heterocycles. The van der Waals surface area contributed by atoms with Gasteiger partial charge in [-0.2, -0.15) is 0 Å². The number of primary amides is 2. The number of carboxylic acids is 4. The fourth-order valence-corrected chi connectivity index (χ4v) is 14.9. The van der Waals surface area contributed by atoms with Crippen molar-refractivity contribution in [2.45, 2.75) is 217 Å². The summed E-state index contributed by atoms with van der Waals surface area (Å²) < 4.78 is 0. The number of carboxylic acid groups (broad SMARTS) is 4. The van der Waals surface area contributed by atoms with Crippen molar-refractivity contribution in [3.05, 3.63) is 0 Å². The summed E-state index contributed by atoms with van der Waals surface area (Å²) in [6, 6.07) is -28.1. The number of amides is 17. The standard InChI is InChI=1S/C64H102N18O26S4/c1-24(2)13-32-53(96)79-40-23-112-109-20-37(57(100)76-36(64(107)108)14-25(3)4)70-43(86)19-68-61(104)49(29(10)83)82-60(103)39(77-50(93)28(9)69-62(105)47(26(5)6)80-56(99)33(16-42(67)85)75-63(106)48(27(7)8)81-59(40)102)22-111-110-21-38(58(101)71-31(52(95)73-32)11-12-44(87)88)78-55(98)35(18-46(91)92)74-54(97)34(17-45(89)90)72-51(94)30(65)15-41(66)84/h24-40,47-49,83H,11-23,65H2,1-10H3,(H2,66,84)(H2,67,85)(H,68,104)(H,69,105)(H,70,86)(H,71,101)(H,72,94)(H,73,95)(H,74,97)(H,75,106)(H,76,100)(H,77,93)(H,78,98)(H,79,96)(H,80,99)(H,81,102)(H,82,103)(H,87,88)(H,89,90)(H,91,92)(H,107,108). The molecule has 3 fully saturated rings. The number of carbonyl (C=O) groups excluding carboxylic acids is 17. The maximum Gasteiger partial charge on any atom is 0.326 e. The SMILES string of the molecule is CC(C)CC(NC(=O)C1CSSCC2NC(=O)C(CC(C)C)NC(=O)C(CCC(=O)O)NC(=O)C(NC(=O)C(CC(=O)O)NC(=O)C(CC(=O)O)NC(=O)C(N)CC(N)=O)CSSCC(NC(=O)C(C)NC(=O)C(C(C)C)NC(=O)C(CC(N)=O)NC(=O)C(C(C)C)NC2=O)C(=O)NC(C(C)O)C(=O)NCC(=O)N1)C(=O)O. The molecule has 112 heavy (non-hydrogen) atoms. The molecule has 3 heterocycles. The number of hydrogen-bond donors (Lipinski definition) is 23. The summed E-state index contributed by atoms with van der Waals surface area (Å²) >= 11 is 0. The Morgan fingerprint density at radius 3 is 1.44 bits per heavy atom. The minimum Gasteiger partial charge on any atom is -0.481 e. The molecule has 0 aromatic carbocycles. The Morgan fingerprint density at radius 1 is 0.464 bits per heavy atom. The van der Waals surface area contributed by atoms with E-state index in [2.05, 4.69) is 69.1 Å². The van der Waals surface area contributed by atoms with E-state index in [-0.39, 0.29) is 18.8 Å². The van der Waals surface area contributed by atoms with Gasteiger partial charge in [-0.1, -0.05) is 98.6 Å². The first-order valence-corrected chi connectivity index (χ1v) is 40.0. The zero-order valence-corrected chi connectivity index (χ0v) is 66.2. The van der Waals surface area contributed by atoms with E-state index in [4.69, 9.17) is 17.2 Å². The molecule has 0 radical (unpaired) electrons. The Labute approximate surface area is 658 Å². The van der Waals surface area contributed by atoms with Gasteiger partial charge in [-0.15, -0.1) is 0 Å². The molecule has 26 N–H and O–H groups in total. The Hall–Kier alpha value is -9.81. The molecule has 3 rings (SSSR count). The Balaban J connectivity index is 3.27. The van der Waals surface area contributed by atoms with Crippen LogP contribution in [0.15, 0.2) is 0 Å². The van der Waals surface area contributed by atoms with E-state index in [1.54, 1.807) is 27.7 Å². The molecule has 0 aromatic rings. The highest BCUT2D eigenvalue weighted by molar-refractivity contribution is 8.77. The van der Waals surface area contributed by atoms with E-state index in [0.29, 0.717) is 32.4 Å². The zero-order valence-electron chi connectivity index (χ0n) is 62.9. The van der Waals surface area contributed by atoms with Crippen molar-refractivity contribution >= 4 is 167 Å². The third-order valence-electron chi connectivity index (χ3n) is 16.1. The number of aliphatic hydroxyl groups excluding tert-OH is 1. The molecule has 0 spiro atoms. The van der Waals surface area contributed by atoms with Crippen LogP contribution in [-0.4, -0.2) is 276 Å². The highest BCUT2D eigenvalue weighted by Gasteiger charge is 2.41. The molecule has 3 saturated heterocycles. The van der Waals surface area contributed by atoms with Crippen molar-refractivity contribution in [1.82, 2.24) is 79.8 Å². The van der Waals surface area contributed by atoms with Gasteiger partial charge in [0.05, 0.1) is 44.4 Å². The maximum absolute atomic E-state index is 14.9. The molecular weight excluding hydrogens is 1570 g/mol. The van der Waals surface area contributed by atoms with E-state index < -0.39 is 307 Å². The van der Waals surface area contributed by atoms with Crippen LogP contribution in [0.4, 0.5) is 0 Å². The molecule has 16 atom stereocenters. The third-order valence-corrected chi connectivity index (χ3v) is 21.0. The van der Waals surface area contributed by atoms with Crippen molar-refractivity contribution in [2.75, 3.05) is 29.6 Å². The van der Waals surface area contributed by atoms with Crippen LogP contribution in [0, 0.1) is 23.7 Å². The monoisotopic (exact) mass is 1670 g/mol. The minimum absolute atomic E-state index is 0.112. The molecule has 3 aliphatic heterocycles. The first kappa shape index (κ1) is 98.3. The second kappa shape index (κ2) is 48.2. The van der Waals surface area contributed by atoms with E-state index in [0.717, 1.165) is 24.6 Å². The first-order valence-electron chi connectivity index (χ1n) is 35.0. The normalized spacial score (nSPS) is 24.6. The summed E-state index contributed by atoms with van der Waals surface area (Å²) in [6.07, 6.45) is -8.41. The fourth-order valence-electron chi connectivity index (χ4n) is 10.2. The minimum atomic E-state index is -2.32. The molecule has 17 amide bonds. The van der Waals surface area contributed by atoms with Crippen LogP contribution < -0.4 is 97.0 Å². The van der Waals surface area contributed by atoms with E-state index in [1.165, 1.54) is 27.7 Å². The summed E-state index contributed by atoms with van der Waals surface area (Å²) in [5.41, 5.74) is 16.3. The molecule has 2 bridgehead atoms. The predicted octanol–water partition coefficient (Wildman–Crippen LogP) is -8.54. The van der Waals surface area contributed by atoms with Crippen LogP contribution in [0.3, 0.4) is 0 Å². The summed E-state index contributed by atoms with van der Waals surface area (Å²) in [4.78, 5) is 287. The fraction of sp³-hybridized carbons (Fsp3) is 0.672. The molecular formula is C64H102N18O26S4. The second-order valence-corrected chi connectivity index (χ2v) is 32.7. The van der Waals surface area contributed by atoms with Crippen LogP contribution in [0.1, 0.15) is 121 Å². The maximum atomic E-state index is 14.9. The number of carbonyl (C=O) groups is 21. The average molecular weight is 1670 g/mol. The number of hydrogen-bond acceptors (Lipinski definition) is 27. The number of aliphatic carboxylic acids is 4. The van der Waals surface area contributed by atoms with Gasteiger partial charge in [0.2, 0.25) is 100 Å². The number of nitrogens with two attached hydrogens (primary N) is 3. The smallest absolute Gasteiger partial charge is 0.326 e. The Bertz CT molecular complexity index is 3470. The molecule has 3 aliphatic rings. The molecule has 48 heteroatoms. The lowest BCUT2D eigenvalue weighted by atomic mass is 10.00. The van der Waals surface area contributed by atoms with Crippen LogP contribution in [-0.2, 0) is 101 Å². The lowest BCUT2D eigenvalue weighted by Gasteiger charge is -2.29. The highest BCUT2D eigenvalue weighted by atomic mass is 33.1. The first-order chi connectivity index (χ1) is 52.1. The number of fused-ring (bicyclic) bond motifs is 37. The van der Waals surface area contributed by atoms with Crippen molar-refractivity contribution < 1.29 is 126 Å². The summed E-state index contributed by atoms with van der Waals surface area (Å²) in [5.74, 6) is -33.2. The summed E-state index contributed by atoms with van der Waals surface area (Å²) in [7, 11) is 2.53. The third kappa shape index (κ3) is 35.7. The zero-order chi connectivity index (χ0) is 85.3. The molecule has 0 saturated carbocycles. The van der Waals surface area contributed by atoms with Crippen LogP contribution in [0.2, 0.25) is 0 Å². The largest absolute Gasteiger partial charge is 0.481 e. The van der Waals surface area contributed by atoms with Gasteiger partial charge in [0.25, 0.3) is 0 Å². The van der Waals surface area contributed by atoms with Gasteiger partial charge in [0.1, 0.15) is 84.6 Å². The van der Waals surface area contributed by atoms with Gasteiger partial charge in [-0.25, -0.2) is 4.79 Å². The van der Waals surface area contributed by atoms with Gasteiger partial charge >= 0.3 is 23.9 Å². The van der Waals surface area contributed by atoms with Gasteiger partial charge in [0.15, 0.2) is 0 Å². The average Bonchev–Trinajstić information content (AvgIpc) is 0.815. The van der Waals surface area contributed by atoms with Crippen LogP contribution in [0.25, 0.3) is 0 Å². The molecule has 16 unspecified atom stereocenters. The topological polar surface area (TPSA) is 718 Å². The van der Waals surface area contributed by atoms with E-state index in [1.807, 2.05) is 10.6 Å². The predicted molar refractivity (Wildman–Crippen MR) is 400 cm³/mol. The van der Waals surface area contributed by atoms with Crippen molar-refractivity contribution in [2.24, 2.45) is 40.9 Å². The van der Waals surface area contributed by atoms with Crippen LogP contribution >= 0.6 is 43.2 Å². The number of aliphatic hydroxyl groups is 1. The summed E-state index contributed by atoms with van der Waals surface area (Å²) in [6.45, 7) is 13.3. The van der Waals surface area contributed by atoms with E-state index in [9.17, 15) is 126 Å². The van der Waals surface area contributed by atoms with Crippen LogP contribution in [0.5, 0.6) is 0 Å². The quantitative estimate of drug-likeness (QED) is 0.0268. The van der Waals surface area contributed by atoms with Gasteiger partial charge in [-0.3, -0.25) is 95.9 Å². The van der Waals surface area contributed by atoms with Crippen molar-refractivity contribution in [1.29, 1.82) is 0 Å². The number of nitrogens with one attached hydrogen (secondary N) is 15. The lowest BCUT2D eigenvalue weighted by molar-refractivity contribution is -0.143. The van der Waals surface area contributed by atoms with Gasteiger partial charge in [-0.05, 0) is 56.8 Å². The highest BCUT2D eigenvalue weighted by Crippen LogP contribution is 2.26. The summed E-state index contributed by atoms with van der Waals surface area (Å²) in [5, 5.41) is 85.2. The number of rotatable bonds is 27. The second-order valence-electron chi connectivity index (χ2n) is 27.6.